The van der Waals surface area contributed by atoms with Crippen molar-refractivity contribution in [2.45, 2.75) is 52.1 Å². The molecule has 110 valence electrons. The van der Waals surface area contributed by atoms with Crippen molar-refractivity contribution >= 4 is 6.09 Å². The average Bonchev–Trinajstić information content (AvgIpc) is 2.09. The summed E-state index contributed by atoms with van der Waals surface area (Å²) in [5.74, 6) is 1.93. The van der Waals surface area contributed by atoms with E-state index in [1.54, 1.807) is 4.90 Å². The van der Waals surface area contributed by atoms with E-state index in [-0.39, 0.29) is 12.7 Å². The van der Waals surface area contributed by atoms with E-state index in [1.165, 1.54) is 19.3 Å². The second-order valence-electron chi connectivity index (χ2n) is 7.01. The van der Waals surface area contributed by atoms with E-state index >= 15 is 0 Å². The predicted octanol–water partition coefficient (Wildman–Crippen LogP) is 2.65. The molecule has 0 bridgehead atoms. The molecule has 0 aromatic heterocycles. The van der Waals surface area contributed by atoms with E-state index in [4.69, 9.17) is 4.74 Å². The lowest BCUT2D eigenvalue weighted by Crippen LogP contribution is -2.55. The van der Waals surface area contributed by atoms with Crippen molar-refractivity contribution in [1.82, 2.24) is 4.90 Å². The topological polar surface area (TPSA) is 49.8 Å². The Balaban J connectivity index is 1.79. The Morgan fingerprint density at radius 3 is 2.37 bits per heavy atom. The van der Waals surface area contributed by atoms with Crippen LogP contribution < -0.4 is 0 Å². The maximum Gasteiger partial charge on any atom is 0.410 e. The van der Waals surface area contributed by atoms with Crippen molar-refractivity contribution < 1.29 is 14.6 Å². The Labute approximate surface area is 116 Å². The Hall–Kier alpha value is -0.770. The van der Waals surface area contributed by atoms with Gasteiger partial charge in [0.1, 0.15) is 5.60 Å². The minimum absolute atomic E-state index is 0.194. The molecular weight excluding hydrogens is 242 g/mol. The van der Waals surface area contributed by atoms with Crippen LogP contribution in [0.3, 0.4) is 0 Å². The monoisotopic (exact) mass is 269 g/mol. The molecule has 19 heavy (non-hydrogen) atoms. The second-order valence-corrected chi connectivity index (χ2v) is 7.01. The van der Waals surface area contributed by atoms with Crippen molar-refractivity contribution in [3.05, 3.63) is 0 Å². The summed E-state index contributed by atoms with van der Waals surface area (Å²) in [6.07, 6.45) is 4.62. The largest absolute Gasteiger partial charge is 0.444 e. The first-order chi connectivity index (χ1) is 8.90. The molecule has 1 saturated heterocycles. The van der Waals surface area contributed by atoms with Crippen LogP contribution in [0.15, 0.2) is 0 Å². The molecule has 0 radical (unpaired) electrons. The van der Waals surface area contributed by atoms with Crippen molar-refractivity contribution in [2.75, 3.05) is 19.7 Å². The van der Waals surface area contributed by atoms with Gasteiger partial charge in [0.15, 0.2) is 0 Å². The number of ether oxygens (including phenoxy) is 1. The number of likely N-dealkylation sites (tertiary alicyclic amines) is 1. The van der Waals surface area contributed by atoms with Crippen LogP contribution in [-0.2, 0) is 4.74 Å². The van der Waals surface area contributed by atoms with E-state index in [2.05, 4.69) is 0 Å². The molecule has 4 nitrogen and oxygen atoms in total. The molecule has 0 aromatic carbocycles. The average molecular weight is 269 g/mol. The molecule has 2 fully saturated rings. The highest BCUT2D eigenvalue weighted by atomic mass is 16.6. The predicted molar refractivity (Wildman–Crippen MR) is 73.8 cm³/mol. The van der Waals surface area contributed by atoms with Gasteiger partial charge in [0.05, 0.1) is 0 Å². The number of carbonyl (C=O) groups excluding carboxylic acids is 1. The number of hydrogen-bond acceptors (Lipinski definition) is 3. The van der Waals surface area contributed by atoms with Crippen LogP contribution in [0.2, 0.25) is 0 Å². The summed E-state index contributed by atoms with van der Waals surface area (Å²) in [6.45, 7) is 7.55. The Morgan fingerprint density at radius 1 is 1.32 bits per heavy atom. The third-order valence-corrected chi connectivity index (χ3v) is 4.38. The van der Waals surface area contributed by atoms with E-state index in [1.807, 2.05) is 20.8 Å². The SMILES string of the molecule is CC(C)(C)OC(=O)N1CC(C(CCO)C2CCC2)C1. The fourth-order valence-corrected chi connectivity index (χ4v) is 3.13. The summed E-state index contributed by atoms with van der Waals surface area (Å²) in [4.78, 5) is 13.7. The molecule has 1 saturated carbocycles. The summed E-state index contributed by atoms with van der Waals surface area (Å²) in [5.41, 5.74) is -0.416. The first kappa shape index (κ1) is 14.6. The van der Waals surface area contributed by atoms with Gasteiger partial charge in [0.25, 0.3) is 0 Å². The van der Waals surface area contributed by atoms with Gasteiger partial charge in [0.2, 0.25) is 0 Å². The molecule has 2 aliphatic rings. The van der Waals surface area contributed by atoms with Crippen LogP contribution in [-0.4, -0.2) is 41.4 Å². The quantitative estimate of drug-likeness (QED) is 0.853. The lowest BCUT2D eigenvalue weighted by molar-refractivity contribution is -0.0273. The number of nitrogens with zero attached hydrogens (tertiary/aromatic N) is 1. The van der Waals surface area contributed by atoms with E-state index in [0.717, 1.165) is 25.4 Å². The highest BCUT2D eigenvalue weighted by molar-refractivity contribution is 5.69. The van der Waals surface area contributed by atoms with Gasteiger partial charge in [-0.3, -0.25) is 0 Å². The number of carbonyl (C=O) groups is 1. The summed E-state index contributed by atoms with van der Waals surface area (Å²) in [7, 11) is 0. The molecule has 1 N–H and O–H groups in total. The molecule has 1 unspecified atom stereocenters. The van der Waals surface area contributed by atoms with Crippen LogP contribution in [0.25, 0.3) is 0 Å². The fraction of sp³-hybridized carbons (Fsp3) is 0.933. The molecule has 1 heterocycles. The third-order valence-electron chi connectivity index (χ3n) is 4.38. The maximum absolute atomic E-state index is 11.9. The first-order valence-corrected chi connectivity index (χ1v) is 7.49. The van der Waals surface area contributed by atoms with Crippen LogP contribution in [0.4, 0.5) is 4.79 Å². The number of aliphatic hydroxyl groups is 1. The van der Waals surface area contributed by atoms with Gasteiger partial charge < -0.3 is 14.7 Å². The van der Waals surface area contributed by atoms with Gasteiger partial charge in [-0.2, -0.15) is 0 Å². The van der Waals surface area contributed by atoms with E-state index in [0.29, 0.717) is 11.8 Å². The van der Waals surface area contributed by atoms with Gasteiger partial charge >= 0.3 is 6.09 Å². The zero-order valence-electron chi connectivity index (χ0n) is 12.4. The van der Waals surface area contributed by atoms with Crippen molar-refractivity contribution in [2.24, 2.45) is 17.8 Å². The summed E-state index contributed by atoms with van der Waals surface area (Å²) >= 11 is 0. The normalized spacial score (nSPS) is 22.6. The molecule has 2 rings (SSSR count). The first-order valence-electron chi connectivity index (χ1n) is 7.49. The third kappa shape index (κ3) is 3.62. The fourth-order valence-electron chi connectivity index (χ4n) is 3.13. The summed E-state index contributed by atoms with van der Waals surface area (Å²) < 4.78 is 5.37. The molecule has 4 heteroatoms. The van der Waals surface area contributed by atoms with E-state index in [9.17, 15) is 9.90 Å². The van der Waals surface area contributed by atoms with E-state index < -0.39 is 5.60 Å². The van der Waals surface area contributed by atoms with Gasteiger partial charge in [-0.1, -0.05) is 19.3 Å². The zero-order chi connectivity index (χ0) is 14.0. The van der Waals surface area contributed by atoms with Crippen LogP contribution >= 0.6 is 0 Å². The molecule has 1 aliphatic carbocycles. The highest BCUT2D eigenvalue weighted by Crippen LogP contribution is 2.42. The molecule has 0 aromatic rings. The lowest BCUT2D eigenvalue weighted by atomic mass is 9.67. The van der Waals surface area contributed by atoms with Crippen molar-refractivity contribution in [3.63, 3.8) is 0 Å². The van der Waals surface area contributed by atoms with Crippen molar-refractivity contribution in [1.29, 1.82) is 0 Å². The zero-order valence-corrected chi connectivity index (χ0v) is 12.4. The second kappa shape index (κ2) is 5.70. The molecule has 1 amide bonds. The Kier molecular flexibility index (Phi) is 4.39. The number of hydrogen-bond donors (Lipinski definition) is 1. The van der Waals surface area contributed by atoms with Crippen molar-refractivity contribution in [3.8, 4) is 0 Å². The lowest BCUT2D eigenvalue weighted by Gasteiger charge is -2.47. The van der Waals surface area contributed by atoms with Crippen LogP contribution in [0.1, 0.15) is 46.5 Å². The minimum Gasteiger partial charge on any atom is -0.444 e. The highest BCUT2D eigenvalue weighted by Gasteiger charge is 2.41. The molecular formula is C15H27NO3. The Morgan fingerprint density at radius 2 is 1.95 bits per heavy atom. The van der Waals surface area contributed by atoms with Gasteiger partial charge in [-0.05, 0) is 44.9 Å². The molecule has 1 aliphatic heterocycles. The number of amides is 1. The summed E-state index contributed by atoms with van der Waals surface area (Å²) in [6, 6.07) is 0. The minimum atomic E-state index is -0.416. The molecule has 0 spiro atoms. The van der Waals surface area contributed by atoms with Gasteiger partial charge in [-0.15, -0.1) is 0 Å². The number of rotatable bonds is 4. The standard InChI is InChI=1S/C15H27NO3/c1-15(2,3)19-14(18)16-9-12(10-16)13(7-8-17)11-5-4-6-11/h11-13,17H,4-10H2,1-3H3. The van der Waals surface area contributed by atoms with Gasteiger partial charge in [0, 0.05) is 19.7 Å². The van der Waals surface area contributed by atoms with Crippen LogP contribution in [0, 0.1) is 17.8 Å². The van der Waals surface area contributed by atoms with Crippen LogP contribution in [0.5, 0.6) is 0 Å². The smallest absolute Gasteiger partial charge is 0.410 e. The molecule has 1 atom stereocenters. The Bertz CT molecular complexity index is 314. The maximum atomic E-state index is 11.9. The van der Waals surface area contributed by atoms with Gasteiger partial charge in [-0.25, -0.2) is 4.79 Å². The number of aliphatic hydroxyl groups excluding tert-OH is 1. The summed E-state index contributed by atoms with van der Waals surface area (Å²) in [5, 5.41) is 9.20.